The Balaban J connectivity index is 0.000000280. The van der Waals surface area contributed by atoms with E-state index in [-0.39, 0.29) is 53.3 Å². The number of rotatable bonds is 8. The van der Waals surface area contributed by atoms with Crippen molar-refractivity contribution in [2.75, 3.05) is 0 Å². The molecule has 0 saturated carbocycles. The Morgan fingerprint density at radius 1 is 0.957 bits per heavy atom. The molecule has 1 N–H and O–H groups in total. The summed E-state index contributed by atoms with van der Waals surface area (Å²) in [5, 5.41) is 12.6. The van der Waals surface area contributed by atoms with Crippen LogP contribution in [0, 0.1) is 23.8 Å². The summed E-state index contributed by atoms with van der Waals surface area (Å²) in [5.74, 6) is 0.286. The average molecular weight is 801 g/mol. The largest absolute Gasteiger partial charge is 0.512 e. The molecule has 1 aliphatic rings. The quantitative estimate of drug-likeness (QED) is 0.110. The predicted octanol–water partition coefficient (Wildman–Crippen LogP) is 11.8. The van der Waals surface area contributed by atoms with Crippen molar-refractivity contribution >= 4 is 27.7 Å². The zero-order valence-corrected chi connectivity index (χ0v) is 32.3. The first-order valence-corrected chi connectivity index (χ1v) is 16.9. The zero-order chi connectivity index (χ0) is 33.4. The second-order valence-corrected chi connectivity index (χ2v) is 14.9. The standard InChI is InChI=1S/C26H26NO.C15H28O2.Ir/c1-16-15-19-21(26(4,5)13-12-25(19,2)3)20-18-11-14-27-22(24(18)28-23(16)20)17-9-7-6-8-10-17;1-7-14(5,8-2)12(16)11-13(17)15(6,9-3)10-4;/h6-9,11,14-15H,12-13H2,1-5H3;11,16H,7-10H2,1-6H3;/q-1;;/b;12-11-;. The van der Waals surface area contributed by atoms with Crippen LogP contribution in [0.5, 0.6) is 0 Å². The molecule has 0 spiro atoms. The fraction of sp³-hybridized carbons (Fsp3) is 0.512. The molecule has 4 aromatic rings. The van der Waals surface area contributed by atoms with Gasteiger partial charge in [-0.1, -0.05) is 75.3 Å². The van der Waals surface area contributed by atoms with Gasteiger partial charge in [-0.05, 0) is 79.0 Å². The fourth-order valence-corrected chi connectivity index (χ4v) is 6.58. The Bertz CT molecular complexity index is 1700. The van der Waals surface area contributed by atoms with Gasteiger partial charge in [0, 0.05) is 59.7 Å². The van der Waals surface area contributed by atoms with Gasteiger partial charge in [-0.2, -0.15) is 0 Å². The van der Waals surface area contributed by atoms with Crippen LogP contribution >= 0.6 is 0 Å². The molecule has 0 fully saturated rings. The minimum absolute atomic E-state index is 0. The smallest absolute Gasteiger partial charge is 0.164 e. The minimum Gasteiger partial charge on any atom is -0.512 e. The summed E-state index contributed by atoms with van der Waals surface area (Å²) < 4.78 is 6.51. The minimum atomic E-state index is -0.337. The van der Waals surface area contributed by atoms with E-state index in [0.29, 0.717) is 0 Å². The Morgan fingerprint density at radius 3 is 2.13 bits per heavy atom. The molecule has 2 aromatic carbocycles. The van der Waals surface area contributed by atoms with Gasteiger partial charge >= 0.3 is 0 Å². The van der Waals surface area contributed by atoms with Gasteiger partial charge in [0.1, 0.15) is 16.9 Å². The molecule has 5 rings (SSSR count). The first-order valence-electron chi connectivity index (χ1n) is 16.9. The third-order valence-electron chi connectivity index (χ3n) is 11.2. The van der Waals surface area contributed by atoms with Crippen molar-refractivity contribution in [1.82, 2.24) is 4.98 Å². The van der Waals surface area contributed by atoms with Crippen LogP contribution in [0.15, 0.2) is 58.8 Å². The summed E-state index contributed by atoms with van der Waals surface area (Å²) in [4.78, 5) is 16.8. The number of hydrogen-bond acceptors (Lipinski definition) is 4. The fourth-order valence-electron chi connectivity index (χ4n) is 6.58. The molecule has 1 radical (unpaired) electrons. The normalized spacial score (nSPS) is 15.9. The molecular weight excluding hydrogens is 747 g/mol. The van der Waals surface area contributed by atoms with Gasteiger partial charge < -0.3 is 14.5 Å². The Hall–Kier alpha value is -2.75. The number of aliphatic hydroxyl groups excluding tert-OH is 1. The molecule has 0 saturated heterocycles. The number of hydrogen-bond donors (Lipinski definition) is 1. The summed E-state index contributed by atoms with van der Waals surface area (Å²) >= 11 is 0. The molecule has 1 aliphatic carbocycles. The molecule has 2 aromatic heterocycles. The number of aryl methyl sites for hydroxylation is 1. The Kier molecular flexibility index (Phi) is 11.6. The van der Waals surface area contributed by atoms with Gasteiger partial charge in [0.25, 0.3) is 0 Å². The third-order valence-corrected chi connectivity index (χ3v) is 11.2. The number of allylic oxidation sites excluding steroid dienone is 2. The van der Waals surface area contributed by atoms with Gasteiger partial charge in [0.15, 0.2) is 5.78 Å². The van der Waals surface area contributed by atoms with Crippen LogP contribution in [0.4, 0.5) is 0 Å². The van der Waals surface area contributed by atoms with Crippen LogP contribution in [-0.2, 0) is 35.7 Å². The summed E-state index contributed by atoms with van der Waals surface area (Å²) in [7, 11) is 0. The number of ketones is 1. The number of aromatic nitrogens is 1. The van der Waals surface area contributed by atoms with E-state index in [4.69, 9.17) is 4.42 Å². The van der Waals surface area contributed by atoms with Gasteiger partial charge in [0.05, 0.1) is 0 Å². The molecule has 0 amide bonds. The topological polar surface area (TPSA) is 63.3 Å². The van der Waals surface area contributed by atoms with Crippen LogP contribution in [0.25, 0.3) is 33.2 Å². The molecule has 46 heavy (non-hydrogen) atoms. The van der Waals surface area contributed by atoms with E-state index in [1.54, 1.807) is 0 Å². The number of carbonyl (C=O) groups is 1. The monoisotopic (exact) mass is 801 g/mol. The van der Waals surface area contributed by atoms with Gasteiger partial charge in [-0.15, -0.1) is 35.9 Å². The van der Waals surface area contributed by atoms with E-state index in [0.717, 1.165) is 48.1 Å². The maximum atomic E-state index is 12.2. The van der Waals surface area contributed by atoms with E-state index in [9.17, 15) is 9.90 Å². The second kappa shape index (κ2) is 14.2. The van der Waals surface area contributed by atoms with Crippen LogP contribution < -0.4 is 0 Å². The Labute approximate surface area is 290 Å². The van der Waals surface area contributed by atoms with E-state index < -0.39 is 0 Å². The molecule has 0 aliphatic heterocycles. The summed E-state index contributed by atoms with van der Waals surface area (Å²) in [6.45, 7) is 23.8. The molecule has 5 heteroatoms. The summed E-state index contributed by atoms with van der Waals surface area (Å²) in [5.41, 5.74) is 7.55. The van der Waals surface area contributed by atoms with Crippen molar-refractivity contribution in [1.29, 1.82) is 0 Å². The first-order chi connectivity index (χ1) is 21.1. The predicted molar refractivity (Wildman–Crippen MR) is 189 cm³/mol. The SMILES string of the molecule is CCC(C)(CC)C(=O)/C=C(\O)C(C)(CC)CC.Cc1cc2c(c3c1oc1c(-c4[c-]cccc4)nccc13)C(C)(C)CCC2(C)C.[Ir]. The summed E-state index contributed by atoms with van der Waals surface area (Å²) in [6, 6.07) is 15.8. The number of fused-ring (bicyclic) bond motifs is 5. The summed E-state index contributed by atoms with van der Waals surface area (Å²) in [6.07, 6.45) is 9.05. The second-order valence-electron chi connectivity index (χ2n) is 14.9. The van der Waals surface area contributed by atoms with Crippen LogP contribution in [0.1, 0.15) is 124 Å². The number of carbonyl (C=O) groups excluding carboxylic acids is 1. The van der Waals surface area contributed by atoms with Gasteiger partial charge in [-0.3, -0.25) is 4.79 Å². The van der Waals surface area contributed by atoms with Crippen LogP contribution in [0.3, 0.4) is 0 Å². The molecule has 0 atom stereocenters. The maximum absolute atomic E-state index is 12.2. The number of aliphatic hydroxyl groups is 1. The van der Waals surface area contributed by atoms with Crippen molar-refractivity contribution in [2.45, 2.75) is 126 Å². The molecule has 0 unspecified atom stereocenters. The van der Waals surface area contributed by atoms with Crippen molar-refractivity contribution < 1.29 is 34.4 Å². The molecule has 4 nitrogen and oxygen atoms in total. The Morgan fingerprint density at radius 2 is 1.57 bits per heavy atom. The van der Waals surface area contributed by atoms with E-state index in [2.05, 4.69) is 57.8 Å². The third kappa shape index (κ3) is 6.92. The first kappa shape index (κ1) is 37.7. The molecule has 251 valence electrons. The van der Waals surface area contributed by atoms with Crippen molar-refractivity contribution in [3.05, 3.63) is 77.2 Å². The molecule has 0 bridgehead atoms. The molecular formula is C41H54IrNO3-. The van der Waals surface area contributed by atoms with E-state index in [1.807, 2.05) is 72.0 Å². The number of benzene rings is 2. The van der Waals surface area contributed by atoms with Crippen LogP contribution in [0.2, 0.25) is 0 Å². The number of nitrogens with zero attached hydrogens (tertiary/aromatic N) is 1. The van der Waals surface area contributed by atoms with Crippen molar-refractivity contribution in [3.63, 3.8) is 0 Å². The zero-order valence-electron chi connectivity index (χ0n) is 29.9. The number of furan rings is 1. The maximum Gasteiger partial charge on any atom is 0.164 e. The number of pyridine rings is 1. The molecule has 2 heterocycles. The van der Waals surface area contributed by atoms with Gasteiger partial charge in [0.2, 0.25) is 0 Å². The van der Waals surface area contributed by atoms with Crippen molar-refractivity contribution in [2.24, 2.45) is 10.8 Å². The average Bonchev–Trinajstić information content (AvgIpc) is 3.43. The van der Waals surface area contributed by atoms with Crippen LogP contribution in [-0.4, -0.2) is 15.9 Å². The van der Waals surface area contributed by atoms with E-state index in [1.165, 1.54) is 46.4 Å². The van der Waals surface area contributed by atoms with E-state index >= 15 is 0 Å². The van der Waals surface area contributed by atoms with Gasteiger partial charge in [-0.25, -0.2) is 0 Å². The van der Waals surface area contributed by atoms with Crippen molar-refractivity contribution in [3.8, 4) is 11.3 Å².